The zero-order valence-electron chi connectivity index (χ0n) is 12.2. The molecule has 1 fully saturated rings. The average molecular weight is 364 g/mol. The van der Waals surface area contributed by atoms with E-state index in [0.29, 0.717) is 5.56 Å². The third-order valence-corrected chi connectivity index (χ3v) is 4.64. The highest BCUT2D eigenvalue weighted by Gasteiger charge is 2.35. The van der Waals surface area contributed by atoms with Crippen LogP contribution in [0, 0.1) is 5.82 Å². The van der Waals surface area contributed by atoms with Gasteiger partial charge in [-0.2, -0.15) is 0 Å². The number of hydrogen-bond donors (Lipinski definition) is 1. The fraction of sp³-hybridized carbons (Fsp3) is 0.0588. The van der Waals surface area contributed by atoms with E-state index in [9.17, 15) is 19.1 Å². The number of halogens is 2. The van der Waals surface area contributed by atoms with E-state index in [1.807, 2.05) is 0 Å². The molecule has 1 saturated heterocycles. The molecular weight excluding hydrogens is 353 g/mol. The first-order valence-corrected chi connectivity index (χ1v) is 8.12. The van der Waals surface area contributed by atoms with Crippen molar-refractivity contribution in [1.29, 1.82) is 0 Å². The molecule has 2 aromatic rings. The largest absolute Gasteiger partial charge is 0.506 e. The first kappa shape index (κ1) is 16.5. The number of thioether (sulfide) groups is 1. The summed E-state index contributed by atoms with van der Waals surface area (Å²) in [6.07, 6.45) is 1.51. The smallest absolute Gasteiger partial charge is 0.293 e. The predicted molar refractivity (Wildman–Crippen MR) is 91.0 cm³/mol. The zero-order valence-corrected chi connectivity index (χ0v) is 13.8. The maximum atomic E-state index is 13.7. The molecule has 0 aromatic heterocycles. The minimum absolute atomic E-state index is 0.0681. The van der Waals surface area contributed by atoms with Crippen molar-refractivity contribution in [2.45, 2.75) is 6.54 Å². The maximum Gasteiger partial charge on any atom is 0.293 e. The quantitative estimate of drug-likeness (QED) is 0.820. The van der Waals surface area contributed by atoms with Gasteiger partial charge in [0.1, 0.15) is 11.6 Å². The third kappa shape index (κ3) is 3.29. The van der Waals surface area contributed by atoms with Crippen LogP contribution < -0.4 is 0 Å². The van der Waals surface area contributed by atoms with Gasteiger partial charge in [0, 0.05) is 5.56 Å². The number of amides is 2. The van der Waals surface area contributed by atoms with Crippen molar-refractivity contribution in [3.8, 4) is 5.75 Å². The second kappa shape index (κ2) is 6.67. The van der Waals surface area contributed by atoms with Crippen molar-refractivity contribution < 1.29 is 19.1 Å². The van der Waals surface area contributed by atoms with Crippen LogP contribution in [0.4, 0.5) is 9.18 Å². The van der Waals surface area contributed by atoms with E-state index in [-0.39, 0.29) is 27.8 Å². The summed E-state index contributed by atoms with van der Waals surface area (Å²) < 4.78 is 13.7. The van der Waals surface area contributed by atoms with Gasteiger partial charge < -0.3 is 5.11 Å². The Labute approximate surface area is 146 Å². The Morgan fingerprint density at radius 3 is 2.67 bits per heavy atom. The molecule has 1 aliphatic heterocycles. The second-order valence-corrected chi connectivity index (χ2v) is 6.47. The van der Waals surface area contributed by atoms with Crippen LogP contribution in [0.3, 0.4) is 0 Å². The van der Waals surface area contributed by atoms with E-state index in [4.69, 9.17) is 11.6 Å². The van der Waals surface area contributed by atoms with Crippen molar-refractivity contribution in [3.05, 3.63) is 69.3 Å². The lowest BCUT2D eigenvalue weighted by Crippen LogP contribution is -2.27. The summed E-state index contributed by atoms with van der Waals surface area (Å²) in [7, 11) is 0. The van der Waals surface area contributed by atoms with Crippen LogP contribution in [0.15, 0.2) is 47.4 Å². The van der Waals surface area contributed by atoms with Gasteiger partial charge in [-0.1, -0.05) is 35.9 Å². The Bertz CT molecular complexity index is 869. The lowest BCUT2D eigenvalue weighted by atomic mass is 10.2. The van der Waals surface area contributed by atoms with E-state index in [0.717, 1.165) is 16.7 Å². The number of nitrogens with zero attached hydrogens (tertiary/aromatic N) is 1. The molecule has 0 atom stereocenters. The molecule has 0 saturated carbocycles. The average Bonchev–Trinajstić information content (AvgIpc) is 2.80. The topological polar surface area (TPSA) is 57.6 Å². The van der Waals surface area contributed by atoms with Crippen molar-refractivity contribution in [1.82, 2.24) is 4.90 Å². The summed E-state index contributed by atoms with van der Waals surface area (Å²) in [5.41, 5.74) is 0.850. The van der Waals surface area contributed by atoms with Gasteiger partial charge in [-0.25, -0.2) is 4.39 Å². The lowest BCUT2D eigenvalue weighted by Gasteiger charge is -2.12. The number of phenolic OH excluding ortho intramolecular Hbond substituents is 1. The SMILES string of the molecule is O=C1S/C(=C/c2ccc(O)c(Cl)c2)C(=O)N1Cc1ccccc1F. The summed E-state index contributed by atoms with van der Waals surface area (Å²) in [6, 6.07) is 10.5. The summed E-state index contributed by atoms with van der Waals surface area (Å²) in [4.78, 5) is 25.7. The number of carbonyl (C=O) groups excluding carboxylic acids is 2. The molecule has 122 valence electrons. The molecule has 2 aromatic carbocycles. The minimum Gasteiger partial charge on any atom is -0.506 e. The molecule has 0 aliphatic carbocycles. The van der Waals surface area contributed by atoms with Crippen LogP contribution in [-0.4, -0.2) is 21.2 Å². The zero-order chi connectivity index (χ0) is 17.3. The highest BCUT2D eigenvalue weighted by molar-refractivity contribution is 8.18. The fourth-order valence-corrected chi connectivity index (χ4v) is 3.22. The molecule has 4 nitrogen and oxygen atoms in total. The molecule has 1 heterocycles. The fourth-order valence-electron chi connectivity index (χ4n) is 2.20. The Balaban J connectivity index is 1.84. The van der Waals surface area contributed by atoms with Gasteiger partial charge in [-0.3, -0.25) is 14.5 Å². The van der Waals surface area contributed by atoms with Gasteiger partial charge in [0.25, 0.3) is 11.1 Å². The summed E-state index contributed by atoms with van der Waals surface area (Å²) >= 11 is 6.61. The van der Waals surface area contributed by atoms with Crippen molar-refractivity contribution in [3.63, 3.8) is 0 Å². The summed E-state index contributed by atoms with van der Waals surface area (Å²) in [5, 5.41) is 9.10. The molecule has 2 amide bonds. The number of hydrogen-bond acceptors (Lipinski definition) is 4. The molecule has 1 aliphatic rings. The Kier molecular flexibility index (Phi) is 4.59. The molecule has 7 heteroatoms. The Morgan fingerprint density at radius 1 is 1.21 bits per heavy atom. The van der Waals surface area contributed by atoms with E-state index in [1.165, 1.54) is 30.3 Å². The van der Waals surface area contributed by atoms with Gasteiger partial charge in [0.15, 0.2) is 0 Å². The highest BCUT2D eigenvalue weighted by atomic mass is 35.5. The van der Waals surface area contributed by atoms with Gasteiger partial charge in [-0.15, -0.1) is 0 Å². The first-order chi connectivity index (χ1) is 11.5. The van der Waals surface area contributed by atoms with Crippen molar-refractivity contribution in [2.24, 2.45) is 0 Å². The second-order valence-electron chi connectivity index (χ2n) is 5.07. The molecule has 3 rings (SSSR count). The standard InChI is InChI=1S/C17H11ClFNO3S/c18-12-7-10(5-6-14(12)21)8-15-16(22)20(17(23)24-15)9-11-3-1-2-4-13(11)19/h1-8,21H,9H2/b15-8+. The molecule has 0 radical (unpaired) electrons. The summed E-state index contributed by atoms with van der Waals surface area (Å²) in [5.74, 6) is -1.02. The van der Waals surface area contributed by atoms with E-state index in [1.54, 1.807) is 18.2 Å². The van der Waals surface area contributed by atoms with E-state index >= 15 is 0 Å². The highest BCUT2D eigenvalue weighted by Crippen LogP contribution is 2.34. The van der Waals surface area contributed by atoms with Crippen LogP contribution in [0.5, 0.6) is 5.75 Å². The number of carbonyl (C=O) groups is 2. The van der Waals surface area contributed by atoms with Crippen LogP contribution in [0.2, 0.25) is 5.02 Å². The van der Waals surface area contributed by atoms with E-state index < -0.39 is 17.0 Å². The van der Waals surface area contributed by atoms with Crippen molar-refractivity contribution >= 4 is 40.6 Å². The van der Waals surface area contributed by atoms with Crippen LogP contribution >= 0.6 is 23.4 Å². The minimum atomic E-state index is -0.488. The van der Waals surface area contributed by atoms with Crippen LogP contribution in [0.25, 0.3) is 6.08 Å². The van der Waals surface area contributed by atoms with E-state index in [2.05, 4.69) is 0 Å². The number of phenols is 1. The number of rotatable bonds is 3. The van der Waals surface area contributed by atoms with Crippen LogP contribution in [-0.2, 0) is 11.3 Å². The number of aromatic hydroxyl groups is 1. The van der Waals surface area contributed by atoms with Crippen molar-refractivity contribution in [2.75, 3.05) is 0 Å². The molecule has 1 N–H and O–H groups in total. The lowest BCUT2D eigenvalue weighted by molar-refractivity contribution is -0.123. The third-order valence-electron chi connectivity index (χ3n) is 3.43. The van der Waals surface area contributed by atoms with Gasteiger partial charge >= 0.3 is 0 Å². The summed E-state index contributed by atoms with van der Waals surface area (Å²) in [6.45, 7) is -0.120. The maximum absolute atomic E-state index is 13.7. The molecule has 24 heavy (non-hydrogen) atoms. The normalized spacial score (nSPS) is 16.2. The predicted octanol–water partition coefficient (Wildman–Crippen LogP) is 4.42. The van der Waals surface area contributed by atoms with Crippen LogP contribution in [0.1, 0.15) is 11.1 Å². The molecular formula is C17H11ClFNO3S. The molecule has 0 bridgehead atoms. The van der Waals surface area contributed by atoms with Gasteiger partial charge in [0.2, 0.25) is 0 Å². The number of imide groups is 1. The first-order valence-electron chi connectivity index (χ1n) is 6.93. The number of benzene rings is 2. The Morgan fingerprint density at radius 2 is 1.96 bits per heavy atom. The van der Waals surface area contributed by atoms with Gasteiger partial charge in [-0.05, 0) is 41.6 Å². The molecule has 0 unspecified atom stereocenters. The Hall–Kier alpha value is -2.31. The monoisotopic (exact) mass is 363 g/mol. The van der Waals surface area contributed by atoms with Gasteiger partial charge in [0.05, 0.1) is 16.5 Å². The molecule has 0 spiro atoms.